The summed E-state index contributed by atoms with van der Waals surface area (Å²) in [5.41, 5.74) is 0.661. The molecule has 1 aromatic rings. The number of aromatic nitrogens is 2. The first-order chi connectivity index (χ1) is 9.56. The van der Waals surface area contributed by atoms with Crippen LogP contribution in [0.2, 0.25) is 0 Å². The van der Waals surface area contributed by atoms with E-state index in [0.717, 1.165) is 12.2 Å². The Bertz CT molecular complexity index is 424. The highest BCUT2D eigenvalue weighted by Crippen LogP contribution is 2.02. The second-order valence-electron chi connectivity index (χ2n) is 4.35. The third kappa shape index (κ3) is 5.52. The summed E-state index contributed by atoms with van der Waals surface area (Å²) in [5, 5.41) is 14.4. The molecule has 0 saturated heterocycles. The quantitative estimate of drug-likeness (QED) is 0.569. The van der Waals surface area contributed by atoms with Crippen LogP contribution in [0.1, 0.15) is 19.0 Å². The summed E-state index contributed by atoms with van der Waals surface area (Å²) in [6.45, 7) is 1.97. The van der Waals surface area contributed by atoms with Crippen LogP contribution in [-0.4, -0.2) is 51.2 Å². The van der Waals surface area contributed by atoms with Crippen molar-refractivity contribution in [1.29, 1.82) is 0 Å². The number of carboxylic acid groups (broad SMARTS) is 1. The molecule has 1 rings (SSSR count). The standard InChI is InChI=1S/C12H20N4O3S/c1-3-8(6-20-2)15-12(19)16-10(11(17)18)4-9-5-13-7-14-9/h5,7-8,10H,3-4,6H2,1-2H3,(H,13,14)(H,17,18)(H2,15,16,19). The average Bonchev–Trinajstić information content (AvgIpc) is 2.90. The molecule has 2 unspecified atom stereocenters. The molecule has 1 aromatic heterocycles. The van der Waals surface area contributed by atoms with E-state index in [0.29, 0.717) is 5.69 Å². The van der Waals surface area contributed by atoms with Crippen LogP contribution >= 0.6 is 11.8 Å². The lowest BCUT2D eigenvalue weighted by Crippen LogP contribution is -2.50. The fourth-order valence-corrected chi connectivity index (χ4v) is 2.39. The lowest BCUT2D eigenvalue weighted by atomic mass is 10.1. The zero-order chi connectivity index (χ0) is 15.0. The van der Waals surface area contributed by atoms with Crippen molar-refractivity contribution in [1.82, 2.24) is 20.6 Å². The number of amides is 2. The third-order valence-corrected chi connectivity index (χ3v) is 3.51. The van der Waals surface area contributed by atoms with Crippen LogP contribution in [0, 0.1) is 0 Å². The maximum absolute atomic E-state index is 11.8. The van der Waals surface area contributed by atoms with Gasteiger partial charge in [0.05, 0.1) is 6.33 Å². The number of aliphatic carboxylic acids is 1. The summed E-state index contributed by atoms with van der Waals surface area (Å²) >= 11 is 1.63. The third-order valence-electron chi connectivity index (χ3n) is 2.78. The molecule has 7 nitrogen and oxygen atoms in total. The highest BCUT2D eigenvalue weighted by Gasteiger charge is 2.22. The number of thioether (sulfide) groups is 1. The van der Waals surface area contributed by atoms with Gasteiger partial charge >= 0.3 is 12.0 Å². The Kier molecular flexibility index (Phi) is 6.92. The van der Waals surface area contributed by atoms with Crippen LogP contribution in [0.5, 0.6) is 0 Å². The van der Waals surface area contributed by atoms with Gasteiger partial charge in [-0.25, -0.2) is 14.6 Å². The molecule has 0 aliphatic heterocycles. The van der Waals surface area contributed by atoms with Crippen molar-refractivity contribution < 1.29 is 14.7 Å². The van der Waals surface area contributed by atoms with E-state index in [1.165, 1.54) is 12.5 Å². The molecule has 0 bridgehead atoms. The van der Waals surface area contributed by atoms with Gasteiger partial charge in [0.25, 0.3) is 0 Å². The number of carbonyl (C=O) groups is 2. The molecule has 0 saturated carbocycles. The van der Waals surface area contributed by atoms with Gasteiger partial charge < -0.3 is 20.7 Å². The minimum Gasteiger partial charge on any atom is -0.480 e. The van der Waals surface area contributed by atoms with E-state index in [-0.39, 0.29) is 12.5 Å². The van der Waals surface area contributed by atoms with Crippen LogP contribution in [-0.2, 0) is 11.2 Å². The fourth-order valence-electron chi connectivity index (χ4n) is 1.66. The van der Waals surface area contributed by atoms with Crippen molar-refractivity contribution >= 4 is 23.8 Å². The summed E-state index contributed by atoms with van der Waals surface area (Å²) in [7, 11) is 0. The molecule has 2 amide bonds. The van der Waals surface area contributed by atoms with Crippen molar-refractivity contribution in [3.63, 3.8) is 0 Å². The highest BCUT2D eigenvalue weighted by molar-refractivity contribution is 7.98. The first-order valence-corrected chi connectivity index (χ1v) is 7.72. The first-order valence-electron chi connectivity index (χ1n) is 6.32. The topological polar surface area (TPSA) is 107 Å². The van der Waals surface area contributed by atoms with Crippen LogP contribution in [0.15, 0.2) is 12.5 Å². The zero-order valence-corrected chi connectivity index (χ0v) is 12.4. The number of urea groups is 1. The van der Waals surface area contributed by atoms with Gasteiger partial charge in [-0.1, -0.05) is 6.92 Å². The highest BCUT2D eigenvalue weighted by atomic mass is 32.2. The molecule has 20 heavy (non-hydrogen) atoms. The average molecular weight is 300 g/mol. The molecule has 1 heterocycles. The Morgan fingerprint density at radius 3 is 2.75 bits per heavy atom. The summed E-state index contributed by atoms with van der Waals surface area (Å²) in [6.07, 6.45) is 5.94. The van der Waals surface area contributed by atoms with Gasteiger partial charge in [0.15, 0.2) is 0 Å². The van der Waals surface area contributed by atoms with E-state index >= 15 is 0 Å². The molecule has 0 aliphatic rings. The van der Waals surface area contributed by atoms with Gasteiger partial charge in [-0.05, 0) is 12.7 Å². The van der Waals surface area contributed by atoms with Crippen LogP contribution < -0.4 is 10.6 Å². The van der Waals surface area contributed by atoms with Crippen molar-refractivity contribution in [2.75, 3.05) is 12.0 Å². The van der Waals surface area contributed by atoms with Crippen LogP contribution in [0.25, 0.3) is 0 Å². The molecule has 4 N–H and O–H groups in total. The van der Waals surface area contributed by atoms with Crippen LogP contribution in [0.4, 0.5) is 4.79 Å². The van der Waals surface area contributed by atoms with Crippen molar-refractivity contribution in [2.24, 2.45) is 0 Å². The smallest absolute Gasteiger partial charge is 0.326 e. The van der Waals surface area contributed by atoms with E-state index in [1.807, 2.05) is 13.2 Å². The van der Waals surface area contributed by atoms with Crippen molar-refractivity contribution in [2.45, 2.75) is 31.8 Å². The Morgan fingerprint density at radius 2 is 2.25 bits per heavy atom. The number of hydrogen-bond donors (Lipinski definition) is 4. The number of aromatic amines is 1. The molecule has 0 aromatic carbocycles. The number of imidazole rings is 1. The predicted octanol–water partition coefficient (Wildman–Crippen LogP) is 0.846. The van der Waals surface area contributed by atoms with Gasteiger partial charge in [0.1, 0.15) is 6.04 Å². The fraction of sp³-hybridized carbons (Fsp3) is 0.583. The second kappa shape index (κ2) is 8.47. The lowest BCUT2D eigenvalue weighted by molar-refractivity contribution is -0.139. The SMILES string of the molecule is CCC(CSC)NC(=O)NC(Cc1cnc[nH]1)C(=O)O. The Labute approximate surface area is 121 Å². The largest absolute Gasteiger partial charge is 0.480 e. The number of nitrogens with zero attached hydrogens (tertiary/aromatic N) is 1. The zero-order valence-electron chi connectivity index (χ0n) is 11.5. The summed E-state index contributed by atoms with van der Waals surface area (Å²) in [6, 6.07) is -1.41. The molecule has 0 spiro atoms. The normalized spacial score (nSPS) is 13.5. The molecule has 8 heteroatoms. The summed E-state index contributed by atoms with van der Waals surface area (Å²) in [4.78, 5) is 29.6. The van der Waals surface area contributed by atoms with Gasteiger partial charge in [-0.2, -0.15) is 11.8 Å². The van der Waals surface area contributed by atoms with E-state index < -0.39 is 18.0 Å². The number of carbonyl (C=O) groups excluding carboxylic acids is 1. The monoisotopic (exact) mass is 300 g/mol. The predicted molar refractivity (Wildman–Crippen MR) is 77.8 cm³/mol. The van der Waals surface area contributed by atoms with Gasteiger partial charge in [0, 0.05) is 30.1 Å². The van der Waals surface area contributed by atoms with E-state index in [4.69, 9.17) is 5.11 Å². The Hall–Kier alpha value is -1.70. The van der Waals surface area contributed by atoms with Crippen molar-refractivity contribution in [3.8, 4) is 0 Å². The number of rotatable bonds is 8. The van der Waals surface area contributed by atoms with Crippen LogP contribution in [0.3, 0.4) is 0 Å². The van der Waals surface area contributed by atoms with E-state index in [2.05, 4.69) is 20.6 Å². The Morgan fingerprint density at radius 1 is 1.50 bits per heavy atom. The number of carboxylic acids is 1. The molecule has 0 radical (unpaired) electrons. The molecular weight excluding hydrogens is 280 g/mol. The van der Waals surface area contributed by atoms with E-state index in [1.54, 1.807) is 11.8 Å². The molecule has 0 fully saturated rings. The summed E-state index contributed by atoms with van der Waals surface area (Å²) < 4.78 is 0. The number of nitrogens with one attached hydrogen (secondary N) is 3. The molecule has 2 atom stereocenters. The molecule has 0 aliphatic carbocycles. The number of hydrogen-bond acceptors (Lipinski definition) is 4. The first kappa shape index (κ1) is 16.4. The lowest BCUT2D eigenvalue weighted by Gasteiger charge is -2.19. The molecule has 112 valence electrons. The number of H-pyrrole nitrogens is 1. The maximum atomic E-state index is 11.8. The Balaban J connectivity index is 2.52. The molecular formula is C12H20N4O3S. The van der Waals surface area contributed by atoms with Gasteiger partial charge in [-0.15, -0.1) is 0 Å². The van der Waals surface area contributed by atoms with Crippen molar-refractivity contribution in [3.05, 3.63) is 18.2 Å². The van der Waals surface area contributed by atoms with E-state index in [9.17, 15) is 9.59 Å². The maximum Gasteiger partial charge on any atom is 0.326 e. The summed E-state index contributed by atoms with van der Waals surface area (Å²) in [5.74, 6) is -0.282. The van der Waals surface area contributed by atoms with Gasteiger partial charge in [-0.3, -0.25) is 0 Å². The minimum atomic E-state index is -1.08. The second-order valence-corrected chi connectivity index (χ2v) is 5.26. The van der Waals surface area contributed by atoms with Gasteiger partial charge in [0.2, 0.25) is 0 Å². The minimum absolute atomic E-state index is 0.0339.